The summed E-state index contributed by atoms with van der Waals surface area (Å²) < 4.78 is 0. The Balaban J connectivity index is 1.46. The van der Waals surface area contributed by atoms with Gasteiger partial charge >= 0.3 is 12.1 Å². The molecule has 154 valence electrons. The van der Waals surface area contributed by atoms with Gasteiger partial charge in [0, 0.05) is 49.8 Å². The van der Waals surface area contributed by atoms with Crippen LogP contribution in [0.4, 0.5) is 26.7 Å². The first-order chi connectivity index (χ1) is 14.2. The van der Waals surface area contributed by atoms with Crippen LogP contribution in [0.5, 0.6) is 0 Å². The highest BCUT2D eigenvalue weighted by Gasteiger charge is 2.20. The first kappa shape index (κ1) is 20.5. The summed E-state index contributed by atoms with van der Waals surface area (Å²) in [5.41, 5.74) is 2.57. The number of carbonyl (C=O) groups excluding carboxylic acids is 2. The van der Waals surface area contributed by atoms with E-state index in [1.165, 1.54) is 0 Å². The van der Waals surface area contributed by atoms with Crippen molar-refractivity contribution in [2.24, 2.45) is 0 Å². The van der Waals surface area contributed by atoms with Crippen LogP contribution in [-0.2, 0) is 0 Å². The number of para-hydroxylation sites is 1. The second-order valence-electron chi connectivity index (χ2n) is 7.05. The minimum absolute atomic E-state index is 0.0297. The van der Waals surface area contributed by atoms with Crippen molar-refractivity contribution in [1.29, 1.82) is 0 Å². The van der Waals surface area contributed by atoms with Crippen molar-refractivity contribution in [3.8, 4) is 0 Å². The molecule has 3 N–H and O–H groups in total. The van der Waals surface area contributed by atoms with Gasteiger partial charge in [0.05, 0.1) is 0 Å². The third-order valence-corrected chi connectivity index (χ3v) is 4.90. The third-order valence-electron chi connectivity index (χ3n) is 4.90. The Bertz CT molecular complexity index is 787. The molecule has 1 aliphatic rings. The molecule has 0 bridgehead atoms. The van der Waals surface area contributed by atoms with Crippen molar-refractivity contribution in [2.45, 2.75) is 19.8 Å². The minimum atomic E-state index is -0.272. The summed E-state index contributed by atoms with van der Waals surface area (Å²) >= 11 is 0. The van der Waals surface area contributed by atoms with Gasteiger partial charge in [-0.2, -0.15) is 0 Å². The fourth-order valence-electron chi connectivity index (χ4n) is 3.22. The standard InChI is InChI=1S/C22H29N5O2/c1-2-3-13-23-22(29)27-16-14-26(15-17-27)20-11-9-19(10-12-20)25-21(28)24-18-7-5-4-6-8-18/h4-12H,2-3,13-17H2,1H3,(H,23,29)(H2,24,25,28). The van der Waals surface area contributed by atoms with Crippen LogP contribution in [0.25, 0.3) is 0 Å². The first-order valence-corrected chi connectivity index (χ1v) is 10.2. The van der Waals surface area contributed by atoms with Crippen LogP contribution in [0, 0.1) is 0 Å². The molecule has 7 heteroatoms. The summed E-state index contributed by atoms with van der Waals surface area (Å²) in [5, 5.41) is 8.61. The predicted molar refractivity (Wildman–Crippen MR) is 118 cm³/mol. The van der Waals surface area contributed by atoms with Gasteiger partial charge in [0.2, 0.25) is 0 Å². The Morgan fingerprint density at radius 1 is 0.862 bits per heavy atom. The van der Waals surface area contributed by atoms with Gasteiger partial charge in [0.25, 0.3) is 0 Å². The van der Waals surface area contributed by atoms with E-state index in [1.807, 2.05) is 59.5 Å². The van der Waals surface area contributed by atoms with Gasteiger partial charge in [-0.15, -0.1) is 0 Å². The van der Waals surface area contributed by atoms with Gasteiger partial charge < -0.3 is 25.8 Å². The van der Waals surface area contributed by atoms with Crippen LogP contribution >= 0.6 is 0 Å². The maximum Gasteiger partial charge on any atom is 0.323 e. The molecule has 3 rings (SSSR count). The van der Waals surface area contributed by atoms with Crippen LogP contribution < -0.4 is 20.9 Å². The van der Waals surface area contributed by atoms with E-state index in [0.29, 0.717) is 13.1 Å². The lowest BCUT2D eigenvalue weighted by Gasteiger charge is -2.36. The number of benzene rings is 2. The molecule has 7 nitrogen and oxygen atoms in total. The summed E-state index contributed by atoms with van der Waals surface area (Å²) in [7, 11) is 0. The molecule has 0 aromatic heterocycles. The van der Waals surface area contributed by atoms with Crippen molar-refractivity contribution < 1.29 is 9.59 Å². The van der Waals surface area contributed by atoms with Crippen LogP contribution in [0.2, 0.25) is 0 Å². The lowest BCUT2D eigenvalue weighted by atomic mass is 10.2. The molecule has 0 aliphatic carbocycles. The van der Waals surface area contributed by atoms with Crippen LogP contribution in [0.1, 0.15) is 19.8 Å². The molecule has 2 aromatic carbocycles. The van der Waals surface area contributed by atoms with E-state index in [9.17, 15) is 9.59 Å². The van der Waals surface area contributed by atoms with Gasteiger partial charge in [-0.05, 0) is 42.8 Å². The molecule has 0 radical (unpaired) electrons. The van der Waals surface area contributed by atoms with Crippen LogP contribution in [0.3, 0.4) is 0 Å². The summed E-state index contributed by atoms with van der Waals surface area (Å²) in [4.78, 5) is 28.4. The largest absolute Gasteiger partial charge is 0.368 e. The Morgan fingerprint density at radius 2 is 1.48 bits per heavy atom. The SMILES string of the molecule is CCCCNC(=O)N1CCN(c2ccc(NC(=O)Nc3ccccc3)cc2)CC1. The average Bonchev–Trinajstić information content (AvgIpc) is 2.75. The second-order valence-corrected chi connectivity index (χ2v) is 7.05. The van der Waals surface area contributed by atoms with E-state index in [-0.39, 0.29) is 12.1 Å². The second kappa shape index (κ2) is 10.4. The smallest absolute Gasteiger partial charge is 0.323 e. The molecule has 1 aliphatic heterocycles. The number of anilines is 3. The molecular formula is C22H29N5O2. The Hall–Kier alpha value is -3.22. The van der Waals surface area contributed by atoms with E-state index in [2.05, 4.69) is 27.8 Å². The molecule has 1 heterocycles. The number of unbranched alkanes of at least 4 members (excludes halogenated alkanes) is 1. The molecule has 1 fully saturated rings. The maximum atomic E-state index is 12.1. The number of piperazine rings is 1. The van der Waals surface area contributed by atoms with E-state index in [0.717, 1.165) is 49.5 Å². The van der Waals surface area contributed by atoms with E-state index in [4.69, 9.17) is 0 Å². The monoisotopic (exact) mass is 395 g/mol. The van der Waals surface area contributed by atoms with Gasteiger partial charge in [-0.1, -0.05) is 31.5 Å². The van der Waals surface area contributed by atoms with Crippen molar-refractivity contribution in [3.05, 3.63) is 54.6 Å². The Labute approximate surface area is 172 Å². The first-order valence-electron chi connectivity index (χ1n) is 10.2. The third kappa shape index (κ3) is 6.14. The number of nitrogens with one attached hydrogen (secondary N) is 3. The summed E-state index contributed by atoms with van der Waals surface area (Å²) in [6, 6.07) is 16.9. The van der Waals surface area contributed by atoms with Crippen LogP contribution in [-0.4, -0.2) is 49.7 Å². The van der Waals surface area contributed by atoms with Crippen molar-refractivity contribution >= 4 is 29.1 Å². The predicted octanol–water partition coefficient (Wildman–Crippen LogP) is 3.96. The maximum absolute atomic E-state index is 12.1. The quantitative estimate of drug-likeness (QED) is 0.648. The highest BCUT2D eigenvalue weighted by atomic mass is 16.2. The fourth-order valence-corrected chi connectivity index (χ4v) is 3.22. The lowest BCUT2D eigenvalue weighted by molar-refractivity contribution is 0.194. The molecular weight excluding hydrogens is 366 g/mol. The number of hydrogen-bond acceptors (Lipinski definition) is 3. The zero-order valence-corrected chi connectivity index (χ0v) is 16.9. The molecule has 0 atom stereocenters. The van der Waals surface area contributed by atoms with Gasteiger partial charge in [-0.3, -0.25) is 0 Å². The number of carbonyl (C=O) groups is 2. The lowest BCUT2D eigenvalue weighted by Crippen LogP contribution is -2.52. The molecule has 4 amide bonds. The van der Waals surface area contributed by atoms with Crippen LogP contribution in [0.15, 0.2) is 54.6 Å². The zero-order valence-electron chi connectivity index (χ0n) is 16.9. The summed E-state index contributed by atoms with van der Waals surface area (Å²) in [6.07, 6.45) is 2.09. The van der Waals surface area contributed by atoms with E-state index < -0.39 is 0 Å². The van der Waals surface area contributed by atoms with E-state index in [1.54, 1.807) is 0 Å². The highest BCUT2D eigenvalue weighted by molar-refractivity contribution is 5.99. The van der Waals surface area contributed by atoms with Gasteiger partial charge in [0.1, 0.15) is 0 Å². The fraction of sp³-hybridized carbons (Fsp3) is 0.364. The molecule has 0 saturated carbocycles. The minimum Gasteiger partial charge on any atom is -0.368 e. The summed E-state index contributed by atoms with van der Waals surface area (Å²) in [6.45, 7) is 5.85. The van der Waals surface area contributed by atoms with Gasteiger partial charge in [-0.25, -0.2) is 9.59 Å². The Kier molecular flexibility index (Phi) is 7.33. The number of hydrogen-bond donors (Lipinski definition) is 3. The number of nitrogens with zero attached hydrogens (tertiary/aromatic N) is 2. The zero-order chi connectivity index (χ0) is 20.5. The molecule has 0 spiro atoms. The molecule has 29 heavy (non-hydrogen) atoms. The number of amides is 4. The summed E-state index contributed by atoms with van der Waals surface area (Å²) in [5.74, 6) is 0. The van der Waals surface area contributed by atoms with Crippen molar-refractivity contribution in [2.75, 3.05) is 48.3 Å². The number of rotatable bonds is 6. The van der Waals surface area contributed by atoms with Gasteiger partial charge in [0.15, 0.2) is 0 Å². The van der Waals surface area contributed by atoms with E-state index >= 15 is 0 Å². The van der Waals surface area contributed by atoms with Crippen molar-refractivity contribution in [3.63, 3.8) is 0 Å². The molecule has 1 saturated heterocycles. The average molecular weight is 396 g/mol. The van der Waals surface area contributed by atoms with Crippen molar-refractivity contribution in [1.82, 2.24) is 10.2 Å². The topological polar surface area (TPSA) is 76.7 Å². The normalized spacial score (nSPS) is 13.7. The highest BCUT2D eigenvalue weighted by Crippen LogP contribution is 2.20. The molecule has 0 unspecified atom stereocenters. The molecule has 2 aromatic rings. The Morgan fingerprint density at radius 3 is 2.10 bits per heavy atom. The number of urea groups is 2.